The molecule has 0 unspecified atom stereocenters. The zero-order valence-corrected chi connectivity index (χ0v) is 20.5. The van der Waals surface area contributed by atoms with Gasteiger partial charge in [-0.3, -0.25) is 9.59 Å². The van der Waals surface area contributed by atoms with Gasteiger partial charge in [0.05, 0.1) is 17.9 Å². The molecule has 6 nitrogen and oxygen atoms in total. The van der Waals surface area contributed by atoms with Gasteiger partial charge >= 0.3 is 0 Å². The molecule has 0 fully saturated rings. The molecule has 33 heavy (non-hydrogen) atoms. The monoisotopic (exact) mass is 446 g/mol. The SMILES string of the molecule is Cc1ccc(-n2nc(C(C)(C)C)cc2NC(=O)CN(C)C(=O)CCc2ccccc2)c(C)c1. The molecule has 0 radical (unpaired) electrons. The molecular weight excluding hydrogens is 412 g/mol. The maximum Gasteiger partial charge on any atom is 0.245 e. The van der Waals surface area contributed by atoms with Gasteiger partial charge in [0.2, 0.25) is 11.8 Å². The van der Waals surface area contributed by atoms with E-state index in [1.807, 2.05) is 62.4 Å². The van der Waals surface area contributed by atoms with Crippen molar-refractivity contribution < 1.29 is 9.59 Å². The first-order valence-corrected chi connectivity index (χ1v) is 11.3. The molecule has 0 aliphatic carbocycles. The minimum atomic E-state index is -0.253. The maximum atomic E-state index is 12.8. The number of amides is 2. The minimum Gasteiger partial charge on any atom is -0.336 e. The van der Waals surface area contributed by atoms with Crippen LogP contribution in [0.3, 0.4) is 0 Å². The molecule has 0 atom stereocenters. The third-order valence-electron chi connectivity index (χ3n) is 5.60. The van der Waals surface area contributed by atoms with E-state index in [4.69, 9.17) is 5.10 Å². The van der Waals surface area contributed by atoms with Crippen LogP contribution in [0.15, 0.2) is 54.6 Å². The van der Waals surface area contributed by atoms with Crippen LogP contribution in [0.4, 0.5) is 5.82 Å². The van der Waals surface area contributed by atoms with Gasteiger partial charge in [0.25, 0.3) is 0 Å². The van der Waals surface area contributed by atoms with Crippen molar-refractivity contribution in [2.75, 3.05) is 18.9 Å². The number of anilines is 1. The number of aromatic nitrogens is 2. The van der Waals surface area contributed by atoms with Gasteiger partial charge in [0, 0.05) is 24.9 Å². The van der Waals surface area contributed by atoms with Crippen molar-refractivity contribution in [3.8, 4) is 5.69 Å². The summed E-state index contributed by atoms with van der Waals surface area (Å²) >= 11 is 0. The molecule has 6 heteroatoms. The van der Waals surface area contributed by atoms with Crippen LogP contribution in [0.25, 0.3) is 5.69 Å². The summed E-state index contributed by atoms with van der Waals surface area (Å²) in [7, 11) is 1.66. The highest BCUT2D eigenvalue weighted by atomic mass is 16.2. The smallest absolute Gasteiger partial charge is 0.245 e. The first-order valence-electron chi connectivity index (χ1n) is 11.3. The van der Waals surface area contributed by atoms with Gasteiger partial charge in [-0.15, -0.1) is 0 Å². The van der Waals surface area contributed by atoms with Gasteiger partial charge in [-0.2, -0.15) is 5.10 Å². The second kappa shape index (κ2) is 10.0. The predicted molar refractivity (Wildman–Crippen MR) is 133 cm³/mol. The molecule has 0 bridgehead atoms. The first-order chi connectivity index (χ1) is 15.5. The second-order valence-corrected chi connectivity index (χ2v) is 9.65. The molecule has 2 amide bonds. The van der Waals surface area contributed by atoms with Crippen LogP contribution >= 0.6 is 0 Å². The molecule has 0 aliphatic heterocycles. The zero-order valence-electron chi connectivity index (χ0n) is 20.5. The van der Waals surface area contributed by atoms with Gasteiger partial charge in [-0.25, -0.2) is 4.68 Å². The fourth-order valence-corrected chi connectivity index (χ4v) is 3.64. The number of nitrogens with zero attached hydrogens (tertiary/aromatic N) is 3. The summed E-state index contributed by atoms with van der Waals surface area (Å²) in [5.74, 6) is 0.284. The van der Waals surface area contributed by atoms with Crippen LogP contribution in [0.1, 0.15) is 49.6 Å². The van der Waals surface area contributed by atoms with E-state index in [1.54, 1.807) is 11.7 Å². The second-order valence-electron chi connectivity index (χ2n) is 9.65. The van der Waals surface area contributed by atoms with Crippen LogP contribution in [0.2, 0.25) is 0 Å². The minimum absolute atomic E-state index is 0.0173. The van der Waals surface area contributed by atoms with Crippen molar-refractivity contribution in [3.63, 3.8) is 0 Å². The highest BCUT2D eigenvalue weighted by Gasteiger charge is 2.23. The number of carbonyl (C=O) groups is 2. The number of likely N-dealkylation sites (N-methyl/N-ethyl adjacent to an activating group) is 1. The molecule has 174 valence electrons. The summed E-state index contributed by atoms with van der Waals surface area (Å²) in [6.45, 7) is 10.3. The van der Waals surface area contributed by atoms with E-state index in [-0.39, 0.29) is 23.8 Å². The van der Waals surface area contributed by atoms with E-state index in [9.17, 15) is 9.59 Å². The lowest BCUT2D eigenvalue weighted by Crippen LogP contribution is -2.35. The normalized spacial score (nSPS) is 11.3. The number of nitrogens with one attached hydrogen (secondary N) is 1. The fourth-order valence-electron chi connectivity index (χ4n) is 3.64. The Morgan fingerprint density at radius 1 is 1.03 bits per heavy atom. The maximum absolute atomic E-state index is 12.8. The average molecular weight is 447 g/mol. The lowest BCUT2D eigenvalue weighted by molar-refractivity contribution is -0.133. The Morgan fingerprint density at radius 2 is 1.73 bits per heavy atom. The lowest BCUT2D eigenvalue weighted by atomic mass is 9.92. The fraction of sp³-hybridized carbons (Fsp3) is 0.370. The molecule has 3 aromatic rings. The van der Waals surface area contributed by atoms with E-state index < -0.39 is 0 Å². The Labute approximate surface area is 196 Å². The third-order valence-corrected chi connectivity index (χ3v) is 5.60. The molecule has 0 saturated heterocycles. The number of rotatable bonds is 7. The molecule has 0 spiro atoms. The zero-order chi connectivity index (χ0) is 24.2. The Bertz CT molecular complexity index is 1130. The van der Waals surface area contributed by atoms with Crippen LogP contribution in [0, 0.1) is 13.8 Å². The summed E-state index contributed by atoms with van der Waals surface area (Å²) in [6, 6.07) is 17.9. The number of hydrogen-bond acceptors (Lipinski definition) is 3. The molecular formula is C27H34N4O2. The topological polar surface area (TPSA) is 67.2 Å². The van der Waals surface area contributed by atoms with Gasteiger partial charge in [-0.05, 0) is 37.5 Å². The number of aryl methyl sites for hydroxylation is 3. The summed E-state index contributed by atoms with van der Waals surface area (Å²) in [4.78, 5) is 26.8. The van der Waals surface area contributed by atoms with Crippen molar-refractivity contribution in [1.82, 2.24) is 14.7 Å². The van der Waals surface area contributed by atoms with E-state index in [0.717, 1.165) is 22.5 Å². The standard InChI is InChI=1S/C27H34N4O2/c1-19-12-14-22(20(2)16-19)31-24(17-23(29-31)27(3,4)5)28-25(32)18-30(6)26(33)15-13-21-10-8-7-9-11-21/h7-12,14,16-17H,13,15,18H2,1-6H3,(H,28,32). The average Bonchev–Trinajstić information content (AvgIpc) is 3.16. The number of carbonyl (C=O) groups excluding carboxylic acids is 2. The largest absolute Gasteiger partial charge is 0.336 e. The molecule has 3 rings (SSSR count). The Kier molecular flexibility index (Phi) is 7.36. The quantitative estimate of drug-likeness (QED) is 0.566. The Hall–Kier alpha value is -3.41. The van der Waals surface area contributed by atoms with Gasteiger partial charge in [0.1, 0.15) is 5.82 Å². The van der Waals surface area contributed by atoms with E-state index in [1.165, 1.54) is 10.5 Å². The molecule has 1 heterocycles. The van der Waals surface area contributed by atoms with Crippen molar-refractivity contribution in [2.45, 2.75) is 52.9 Å². The number of hydrogen-bond donors (Lipinski definition) is 1. The molecule has 0 aliphatic rings. The summed E-state index contributed by atoms with van der Waals surface area (Å²) in [5.41, 5.74) is 4.97. The van der Waals surface area contributed by atoms with E-state index in [0.29, 0.717) is 18.7 Å². The summed E-state index contributed by atoms with van der Waals surface area (Å²) in [6.07, 6.45) is 1.02. The lowest BCUT2D eigenvalue weighted by Gasteiger charge is -2.17. The van der Waals surface area contributed by atoms with Gasteiger partial charge in [-0.1, -0.05) is 68.8 Å². The van der Waals surface area contributed by atoms with Crippen molar-refractivity contribution >= 4 is 17.6 Å². The van der Waals surface area contributed by atoms with Gasteiger partial charge in [0.15, 0.2) is 0 Å². The van der Waals surface area contributed by atoms with Crippen molar-refractivity contribution in [1.29, 1.82) is 0 Å². The molecule has 2 aromatic carbocycles. The predicted octanol–water partition coefficient (Wildman–Crippen LogP) is 4.82. The van der Waals surface area contributed by atoms with Crippen LogP contribution in [-0.2, 0) is 21.4 Å². The van der Waals surface area contributed by atoms with Crippen molar-refractivity contribution in [3.05, 3.63) is 77.0 Å². The Balaban J connectivity index is 1.73. The third kappa shape index (κ3) is 6.31. The van der Waals surface area contributed by atoms with Crippen LogP contribution in [0.5, 0.6) is 0 Å². The molecule has 1 aromatic heterocycles. The molecule has 0 saturated carbocycles. The van der Waals surface area contributed by atoms with E-state index >= 15 is 0 Å². The molecule has 1 N–H and O–H groups in total. The first kappa shape index (κ1) is 24.2. The summed E-state index contributed by atoms with van der Waals surface area (Å²) < 4.78 is 1.78. The number of benzene rings is 2. The highest BCUT2D eigenvalue weighted by Crippen LogP contribution is 2.27. The van der Waals surface area contributed by atoms with Gasteiger partial charge < -0.3 is 10.2 Å². The van der Waals surface area contributed by atoms with Crippen LogP contribution < -0.4 is 5.32 Å². The van der Waals surface area contributed by atoms with E-state index in [2.05, 4.69) is 32.2 Å². The van der Waals surface area contributed by atoms with Crippen molar-refractivity contribution in [2.24, 2.45) is 0 Å². The Morgan fingerprint density at radius 3 is 2.36 bits per heavy atom. The highest BCUT2D eigenvalue weighted by molar-refractivity contribution is 5.94. The van der Waals surface area contributed by atoms with Crippen LogP contribution in [-0.4, -0.2) is 40.1 Å². The summed E-state index contributed by atoms with van der Waals surface area (Å²) in [5, 5.41) is 7.76.